The molecule has 0 spiro atoms. The first-order chi connectivity index (χ1) is 17.8. The minimum absolute atomic E-state index is 0.00804. The van der Waals surface area contributed by atoms with E-state index in [0.29, 0.717) is 36.9 Å². The Morgan fingerprint density at radius 3 is 2.46 bits per heavy atom. The average molecular weight is 514 g/mol. The van der Waals surface area contributed by atoms with Crippen molar-refractivity contribution < 1.29 is 23.5 Å². The molecule has 2 amide bonds. The highest BCUT2D eigenvalue weighted by atomic mass is 16.6. The molecule has 37 heavy (non-hydrogen) atoms. The number of hydrogen-bond donors (Lipinski definition) is 1. The smallest absolute Gasteiger partial charge is 0.418 e. The number of likely N-dealkylation sites (tertiary alicyclic amines) is 1. The van der Waals surface area contributed by atoms with Gasteiger partial charge in [-0.3, -0.25) is 4.79 Å². The molecule has 0 saturated carbocycles. The third-order valence-electron chi connectivity index (χ3n) is 6.56. The summed E-state index contributed by atoms with van der Waals surface area (Å²) >= 11 is 0. The molecular weight excluding hydrogens is 474 g/mol. The van der Waals surface area contributed by atoms with Crippen LogP contribution < -0.4 is 10.2 Å². The summed E-state index contributed by atoms with van der Waals surface area (Å²) in [5.74, 6) is 0.274. The standard InChI is InChI=1S/C27H39N5O5/c1-27(2,3)37-26(34)32(17-7-16-31-14-5-4-6-15-31)25-30-29-24(36-25)21-8-10-22(11-9-21)28-23(33)20-12-18-35-19-13-20/h8-11,20H,4-7,12-19H2,1-3H3,(H,28,33). The number of anilines is 2. The first kappa shape index (κ1) is 27.1. The van der Waals surface area contributed by atoms with Crippen LogP contribution in [-0.2, 0) is 14.3 Å². The minimum Gasteiger partial charge on any atom is -0.443 e. The molecule has 1 aromatic carbocycles. The van der Waals surface area contributed by atoms with Gasteiger partial charge in [0.05, 0.1) is 0 Å². The van der Waals surface area contributed by atoms with Crippen LogP contribution >= 0.6 is 0 Å². The fraction of sp³-hybridized carbons (Fsp3) is 0.630. The number of piperidine rings is 1. The number of ether oxygens (including phenoxy) is 2. The van der Waals surface area contributed by atoms with Gasteiger partial charge in [0, 0.05) is 36.9 Å². The van der Waals surface area contributed by atoms with Gasteiger partial charge in [-0.25, -0.2) is 9.69 Å². The molecule has 2 aliphatic rings. The van der Waals surface area contributed by atoms with Gasteiger partial charge in [0.1, 0.15) is 5.60 Å². The predicted molar refractivity (Wildman–Crippen MR) is 140 cm³/mol. The second-order valence-electron chi connectivity index (χ2n) is 10.7. The van der Waals surface area contributed by atoms with E-state index < -0.39 is 11.7 Å². The van der Waals surface area contributed by atoms with Crippen LogP contribution in [0.1, 0.15) is 59.3 Å². The Morgan fingerprint density at radius 1 is 1.08 bits per heavy atom. The largest absolute Gasteiger partial charge is 0.443 e. The van der Waals surface area contributed by atoms with Crippen LogP contribution in [0.2, 0.25) is 0 Å². The number of carbonyl (C=O) groups is 2. The summed E-state index contributed by atoms with van der Waals surface area (Å²) in [4.78, 5) is 29.3. The Bertz CT molecular complexity index is 1020. The number of benzene rings is 1. The van der Waals surface area contributed by atoms with Crippen LogP contribution in [0.15, 0.2) is 28.7 Å². The molecule has 0 atom stereocenters. The van der Waals surface area contributed by atoms with Gasteiger partial charge in [-0.05, 0) is 96.8 Å². The van der Waals surface area contributed by atoms with Crippen molar-refractivity contribution in [1.82, 2.24) is 15.1 Å². The van der Waals surface area contributed by atoms with E-state index in [0.717, 1.165) is 38.9 Å². The highest BCUT2D eigenvalue weighted by Gasteiger charge is 2.28. The van der Waals surface area contributed by atoms with Crippen molar-refractivity contribution in [2.24, 2.45) is 5.92 Å². The number of nitrogens with one attached hydrogen (secondary N) is 1. The molecule has 2 fully saturated rings. The predicted octanol–water partition coefficient (Wildman–Crippen LogP) is 4.72. The SMILES string of the molecule is CC(C)(C)OC(=O)N(CCCN1CCCCC1)c1nnc(-c2ccc(NC(=O)C3CCOCC3)cc2)o1. The second kappa shape index (κ2) is 12.5. The molecule has 0 unspecified atom stereocenters. The second-order valence-corrected chi connectivity index (χ2v) is 10.7. The van der Waals surface area contributed by atoms with Crippen LogP contribution in [-0.4, -0.2) is 72.1 Å². The summed E-state index contributed by atoms with van der Waals surface area (Å²) in [5, 5.41) is 11.3. The summed E-state index contributed by atoms with van der Waals surface area (Å²) in [6, 6.07) is 7.34. The van der Waals surface area contributed by atoms with Gasteiger partial charge in [0.25, 0.3) is 0 Å². The van der Waals surface area contributed by atoms with E-state index >= 15 is 0 Å². The van der Waals surface area contributed by atoms with Gasteiger partial charge in [0.15, 0.2) is 0 Å². The molecule has 10 nitrogen and oxygen atoms in total. The summed E-state index contributed by atoms with van der Waals surface area (Å²) in [7, 11) is 0. The summed E-state index contributed by atoms with van der Waals surface area (Å²) < 4.78 is 16.9. The van der Waals surface area contributed by atoms with Crippen molar-refractivity contribution in [1.29, 1.82) is 0 Å². The first-order valence-electron chi connectivity index (χ1n) is 13.3. The zero-order chi connectivity index (χ0) is 26.3. The van der Waals surface area contributed by atoms with Crippen molar-refractivity contribution in [3.63, 3.8) is 0 Å². The van der Waals surface area contributed by atoms with Gasteiger partial charge < -0.3 is 24.1 Å². The number of amides is 2. The lowest BCUT2D eigenvalue weighted by Gasteiger charge is -2.28. The van der Waals surface area contributed by atoms with Gasteiger partial charge in [-0.15, -0.1) is 5.10 Å². The van der Waals surface area contributed by atoms with Crippen molar-refractivity contribution in [2.45, 2.75) is 64.9 Å². The molecule has 202 valence electrons. The zero-order valence-corrected chi connectivity index (χ0v) is 22.2. The minimum atomic E-state index is -0.643. The maximum atomic E-state index is 13.0. The summed E-state index contributed by atoms with van der Waals surface area (Å²) in [6.07, 6.45) is 5.48. The molecule has 2 aromatic rings. The average Bonchev–Trinajstić information content (AvgIpc) is 3.37. The Kier molecular flexibility index (Phi) is 9.15. The van der Waals surface area contributed by atoms with Crippen LogP contribution in [0.5, 0.6) is 0 Å². The van der Waals surface area contributed by atoms with Crippen LogP contribution in [0.3, 0.4) is 0 Å². The number of rotatable bonds is 8. The quantitative estimate of drug-likeness (QED) is 0.540. The first-order valence-corrected chi connectivity index (χ1v) is 13.3. The van der Waals surface area contributed by atoms with Gasteiger partial charge in [0.2, 0.25) is 11.8 Å². The van der Waals surface area contributed by atoms with Crippen molar-refractivity contribution in [3.05, 3.63) is 24.3 Å². The van der Waals surface area contributed by atoms with Crippen LogP contribution in [0, 0.1) is 5.92 Å². The molecular formula is C27H39N5O5. The van der Waals surface area contributed by atoms with E-state index in [1.807, 2.05) is 32.9 Å². The molecule has 0 bridgehead atoms. The fourth-order valence-corrected chi connectivity index (χ4v) is 4.56. The molecule has 1 N–H and O–H groups in total. The van der Waals surface area contributed by atoms with E-state index in [9.17, 15) is 9.59 Å². The third kappa shape index (κ3) is 8.00. The molecule has 2 saturated heterocycles. The molecule has 10 heteroatoms. The van der Waals surface area contributed by atoms with Gasteiger partial charge in [-0.2, -0.15) is 0 Å². The molecule has 2 aliphatic heterocycles. The maximum Gasteiger partial charge on any atom is 0.418 e. The lowest BCUT2D eigenvalue weighted by molar-refractivity contribution is -0.122. The molecule has 0 aliphatic carbocycles. The normalized spacial score (nSPS) is 17.4. The van der Waals surface area contributed by atoms with Crippen molar-refractivity contribution >= 4 is 23.7 Å². The topological polar surface area (TPSA) is 110 Å². The number of nitrogens with zero attached hydrogens (tertiary/aromatic N) is 4. The Labute approximate surface area is 218 Å². The number of aromatic nitrogens is 2. The lowest BCUT2D eigenvalue weighted by atomic mass is 9.99. The van der Waals surface area contributed by atoms with Crippen molar-refractivity contribution in [3.8, 4) is 11.5 Å². The summed E-state index contributed by atoms with van der Waals surface area (Å²) in [6.45, 7) is 10.3. The Balaban J connectivity index is 1.40. The number of hydrogen-bond acceptors (Lipinski definition) is 8. The molecule has 0 radical (unpaired) electrons. The van der Waals surface area contributed by atoms with E-state index in [-0.39, 0.29) is 17.8 Å². The summed E-state index contributed by atoms with van der Waals surface area (Å²) in [5.41, 5.74) is 0.754. The maximum absolute atomic E-state index is 13.0. The van der Waals surface area contributed by atoms with E-state index in [1.54, 1.807) is 12.1 Å². The van der Waals surface area contributed by atoms with E-state index in [2.05, 4.69) is 20.4 Å². The van der Waals surface area contributed by atoms with Crippen molar-refractivity contribution in [2.75, 3.05) is 49.6 Å². The monoisotopic (exact) mass is 513 g/mol. The third-order valence-corrected chi connectivity index (χ3v) is 6.56. The van der Waals surface area contributed by atoms with Gasteiger partial charge >= 0.3 is 12.1 Å². The lowest BCUT2D eigenvalue weighted by Crippen LogP contribution is -2.39. The van der Waals surface area contributed by atoms with Crippen LogP contribution in [0.4, 0.5) is 16.5 Å². The highest BCUT2D eigenvalue weighted by molar-refractivity contribution is 5.92. The highest BCUT2D eigenvalue weighted by Crippen LogP contribution is 2.26. The molecule has 1 aromatic heterocycles. The Morgan fingerprint density at radius 2 is 1.78 bits per heavy atom. The van der Waals surface area contributed by atoms with E-state index in [1.165, 1.54) is 24.2 Å². The molecule has 4 rings (SSSR count). The zero-order valence-electron chi connectivity index (χ0n) is 22.2. The molecule has 3 heterocycles. The number of carbonyl (C=O) groups excluding carboxylic acids is 2. The van der Waals surface area contributed by atoms with E-state index in [4.69, 9.17) is 13.9 Å². The van der Waals surface area contributed by atoms with Gasteiger partial charge in [-0.1, -0.05) is 11.5 Å². The van der Waals surface area contributed by atoms with Crippen LogP contribution in [0.25, 0.3) is 11.5 Å². The fourth-order valence-electron chi connectivity index (χ4n) is 4.56. The Hall–Kier alpha value is -2.98.